The van der Waals surface area contributed by atoms with Crippen LogP contribution in [0.15, 0.2) is 16.9 Å². The van der Waals surface area contributed by atoms with Crippen LogP contribution in [0.1, 0.15) is 69.6 Å². The number of thiophene rings is 1. The number of aryl methyl sites for hydroxylation is 2. The van der Waals surface area contributed by atoms with Gasteiger partial charge in [-0.15, -0.1) is 11.3 Å². The van der Waals surface area contributed by atoms with Gasteiger partial charge in [0, 0.05) is 21.4 Å². The lowest BCUT2D eigenvalue weighted by Crippen LogP contribution is -2.26. The summed E-state index contributed by atoms with van der Waals surface area (Å²) in [6.07, 6.45) is 4.65. The number of nitrogens with zero attached hydrogens (tertiary/aromatic N) is 1. The van der Waals surface area contributed by atoms with E-state index in [-0.39, 0.29) is 23.3 Å². The van der Waals surface area contributed by atoms with Crippen molar-refractivity contribution in [1.29, 1.82) is 0 Å². The van der Waals surface area contributed by atoms with Crippen LogP contribution in [0.3, 0.4) is 0 Å². The second-order valence-corrected chi connectivity index (χ2v) is 9.41. The van der Waals surface area contributed by atoms with Crippen molar-refractivity contribution in [2.24, 2.45) is 5.73 Å². The third-order valence-corrected chi connectivity index (χ3v) is 7.53. The Morgan fingerprint density at radius 1 is 1.27 bits per heavy atom. The average molecular weight is 428 g/mol. The predicted octanol–water partition coefficient (Wildman–Crippen LogP) is 3.97. The molecule has 0 spiro atoms. The molecule has 1 atom stereocenters. The zero-order chi connectivity index (χ0) is 21.3. The normalized spacial score (nSPS) is 18.6. The second-order valence-electron chi connectivity index (χ2n) is 8.27. The number of aromatic nitrogens is 1. The van der Waals surface area contributed by atoms with Crippen molar-refractivity contribution < 1.29 is 14.3 Å². The van der Waals surface area contributed by atoms with E-state index in [2.05, 4.69) is 0 Å². The Labute approximate surface area is 175 Å². The molecule has 1 unspecified atom stereocenters. The molecule has 2 aliphatic rings. The Morgan fingerprint density at radius 2 is 2.00 bits per heavy atom. The molecule has 156 valence electrons. The maximum Gasteiger partial charge on any atom is 0.341 e. The third-order valence-electron chi connectivity index (χ3n) is 6.30. The minimum atomic E-state index is -1.34. The first-order valence-electron chi connectivity index (χ1n) is 10.1. The highest BCUT2D eigenvalue weighted by molar-refractivity contribution is 7.15. The molecule has 3 heterocycles. The van der Waals surface area contributed by atoms with Gasteiger partial charge in [-0.25, -0.2) is 9.18 Å². The van der Waals surface area contributed by atoms with Crippen LogP contribution >= 0.6 is 11.3 Å². The van der Waals surface area contributed by atoms with Crippen LogP contribution in [0, 0.1) is 12.7 Å². The van der Waals surface area contributed by atoms with Gasteiger partial charge in [0.05, 0.1) is 5.52 Å². The van der Waals surface area contributed by atoms with Crippen LogP contribution in [0.25, 0.3) is 16.0 Å². The number of hydrogen-bond acceptors (Lipinski definition) is 5. The summed E-state index contributed by atoms with van der Waals surface area (Å²) in [6.45, 7) is 1.78. The van der Waals surface area contributed by atoms with Crippen LogP contribution in [0.4, 0.5) is 10.2 Å². The molecule has 5 N–H and O–H groups in total. The topological polar surface area (TPSA) is 111 Å². The van der Waals surface area contributed by atoms with Crippen LogP contribution in [-0.4, -0.2) is 15.5 Å². The molecule has 1 fully saturated rings. The largest absolute Gasteiger partial charge is 0.477 e. The molecule has 5 rings (SSSR count). The predicted molar refractivity (Wildman–Crippen MR) is 115 cm³/mol. The van der Waals surface area contributed by atoms with E-state index >= 15 is 4.39 Å². The summed E-state index contributed by atoms with van der Waals surface area (Å²) >= 11 is 1.52. The number of pyridine rings is 2. The average Bonchev–Trinajstić information content (AvgIpc) is 3.45. The van der Waals surface area contributed by atoms with Gasteiger partial charge >= 0.3 is 5.97 Å². The molecule has 0 bridgehead atoms. The molecule has 8 heteroatoms. The summed E-state index contributed by atoms with van der Waals surface area (Å²) < 4.78 is 16.6. The van der Waals surface area contributed by atoms with Gasteiger partial charge in [-0.1, -0.05) is 0 Å². The molecule has 30 heavy (non-hydrogen) atoms. The first-order valence-corrected chi connectivity index (χ1v) is 10.9. The number of carboxylic acids is 1. The summed E-state index contributed by atoms with van der Waals surface area (Å²) in [5.74, 6) is -2.23. The highest BCUT2D eigenvalue weighted by Gasteiger charge is 2.32. The first kappa shape index (κ1) is 19.3. The number of nitrogens with two attached hydrogens (primary N) is 2. The molecule has 0 radical (unpaired) electrons. The monoisotopic (exact) mass is 427 g/mol. The molecule has 3 aromatic rings. The molecule has 0 saturated heterocycles. The Hall–Kier alpha value is -2.71. The minimum Gasteiger partial charge on any atom is -0.477 e. The van der Waals surface area contributed by atoms with E-state index in [4.69, 9.17) is 11.5 Å². The van der Waals surface area contributed by atoms with Crippen molar-refractivity contribution >= 4 is 28.6 Å². The lowest BCUT2D eigenvalue weighted by Gasteiger charge is -2.18. The Bertz CT molecular complexity index is 1290. The van der Waals surface area contributed by atoms with E-state index < -0.39 is 17.3 Å². The van der Waals surface area contributed by atoms with Crippen LogP contribution in [-0.2, 0) is 6.42 Å². The summed E-state index contributed by atoms with van der Waals surface area (Å²) in [5.41, 5.74) is 14.5. The Balaban J connectivity index is 1.86. The fourth-order valence-corrected chi connectivity index (χ4v) is 6.00. The van der Waals surface area contributed by atoms with Gasteiger partial charge < -0.3 is 16.6 Å². The fraction of sp³-hybridized carbons (Fsp3) is 0.364. The highest BCUT2D eigenvalue weighted by atomic mass is 32.1. The summed E-state index contributed by atoms with van der Waals surface area (Å²) in [7, 11) is 0. The summed E-state index contributed by atoms with van der Waals surface area (Å²) in [5, 5.41) is 9.47. The molecule has 2 aliphatic carbocycles. The van der Waals surface area contributed by atoms with Gasteiger partial charge in [0.2, 0.25) is 0 Å². The second kappa shape index (κ2) is 6.65. The van der Waals surface area contributed by atoms with Crippen molar-refractivity contribution in [3.8, 4) is 10.4 Å². The number of fused-ring (bicyclic) bond motifs is 2. The molecule has 0 amide bonds. The number of carboxylic acid groups (broad SMARTS) is 1. The van der Waals surface area contributed by atoms with E-state index in [9.17, 15) is 14.7 Å². The molecule has 1 saturated carbocycles. The number of carbonyl (C=O) groups is 1. The van der Waals surface area contributed by atoms with Crippen molar-refractivity contribution in [3.63, 3.8) is 0 Å². The first-order chi connectivity index (χ1) is 14.3. The molecular formula is C22H22FN3O3S. The number of aromatic carboxylic acids is 1. The van der Waals surface area contributed by atoms with Crippen LogP contribution in [0.5, 0.6) is 0 Å². The SMILES string of the molecule is Cc1c(-c2cc3c(s2)CCCC3N)c(F)c(N)n2c(=O)c(C(=O)O)cc(C3CC3)c12. The molecule has 3 aromatic heterocycles. The fourth-order valence-electron chi connectivity index (χ4n) is 4.62. The van der Waals surface area contributed by atoms with E-state index in [0.717, 1.165) is 52.5 Å². The zero-order valence-corrected chi connectivity index (χ0v) is 17.3. The van der Waals surface area contributed by atoms with Crippen molar-refractivity contribution in [1.82, 2.24) is 4.40 Å². The Kier molecular flexibility index (Phi) is 4.27. The number of anilines is 1. The van der Waals surface area contributed by atoms with E-state index in [0.29, 0.717) is 16.6 Å². The van der Waals surface area contributed by atoms with Gasteiger partial charge in [0.25, 0.3) is 5.56 Å². The van der Waals surface area contributed by atoms with Crippen LogP contribution in [0.2, 0.25) is 0 Å². The zero-order valence-electron chi connectivity index (χ0n) is 16.5. The van der Waals surface area contributed by atoms with Crippen molar-refractivity contribution in [3.05, 3.63) is 55.4 Å². The molecule has 6 nitrogen and oxygen atoms in total. The van der Waals surface area contributed by atoms with Gasteiger partial charge in [0.15, 0.2) is 5.82 Å². The van der Waals surface area contributed by atoms with Gasteiger partial charge in [-0.2, -0.15) is 0 Å². The maximum atomic E-state index is 15.5. The number of halogens is 1. The van der Waals surface area contributed by atoms with Crippen molar-refractivity contribution in [2.45, 2.75) is 51.0 Å². The van der Waals surface area contributed by atoms with Gasteiger partial charge in [-0.3, -0.25) is 9.20 Å². The highest BCUT2D eigenvalue weighted by Crippen LogP contribution is 2.46. The van der Waals surface area contributed by atoms with Gasteiger partial charge in [-0.05, 0) is 73.8 Å². The van der Waals surface area contributed by atoms with Crippen LogP contribution < -0.4 is 17.0 Å². The minimum absolute atomic E-state index is 0.0531. The van der Waals surface area contributed by atoms with E-state index in [1.54, 1.807) is 6.92 Å². The maximum absolute atomic E-state index is 15.5. The number of nitrogen functional groups attached to an aromatic ring is 1. The van der Waals surface area contributed by atoms with E-state index in [1.807, 2.05) is 6.07 Å². The van der Waals surface area contributed by atoms with Crippen molar-refractivity contribution in [2.75, 3.05) is 5.73 Å². The molecular weight excluding hydrogens is 405 g/mol. The lowest BCUT2D eigenvalue weighted by atomic mass is 9.93. The summed E-state index contributed by atoms with van der Waals surface area (Å²) in [6, 6.07) is 3.34. The Morgan fingerprint density at radius 3 is 2.63 bits per heavy atom. The molecule has 0 aromatic carbocycles. The number of rotatable bonds is 3. The molecule has 0 aliphatic heterocycles. The smallest absolute Gasteiger partial charge is 0.341 e. The quantitative estimate of drug-likeness (QED) is 0.586. The van der Waals surface area contributed by atoms with E-state index in [1.165, 1.54) is 22.3 Å². The number of hydrogen-bond donors (Lipinski definition) is 3. The summed E-state index contributed by atoms with van der Waals surface area (Å²) in [4.78, 5) is 26.4. The van der Waals surface area contributed by atoms with Gasteiger partial charge in [0.1, 0.15) is 11.4 Å². The third kappa shape index (κ3) is 2.70. The standard InChI is InChI=1S/C22H22FN3O3S/c1-9-17(16-8-12-14(24)3-2-4-15(12)30-16)18(23)20(25)26-19(9)11(10-5-6-10)7-13(21(26)27)22(28)29/h7-8,10,14H,2-6,24-25H2,1H3,(H,28,29). The lowest BCUT2D eigenvalue weighted by molar-refractivity contribution is 0.0694.